The highest BCUT2D eigenvalue weighted by atomic mass is 16.6. The first-order valence-electron chi connectivity index (χ1n) is 9.38. The van der Waals surface area contributed by atoms with Crippen LogP contribution in [0.5, 0.6) is 0 Å². The SMILES string of the molecule is C=C(C)NOCCCCCCCCCCCCCCCC(=O)O. The van der Waals surface area contributed by atoms with E-state index in [4.69, 9.17) is 9.94 Å². The molecule has 0 aliphatic rings. The number of carboxylic acid groups (broad SMARTS) is 1. The second-order valence-corrected chi connectivity index (χ2v) is 6.47. The molecule has 0 spiro atoms. The maximum atomic E-state index is 10.4. The number of carboxylic acids is 1. The molecule has 4 heteroatoms. The van der Waals surface area contributed by atoms with Gasteiger partial charge in [-0.3, -0.25) is 15.1 Å². The molecule has 0 aromatic rings. The Kier molecular flexibility index (Phi) is 16.5. The van der Waals surface area contributed by atoms with Gasteiger partial charge < -0.3 is 5.11 Å². The summed E-state index contributed by atoms with van der Waals surface area (Å²) in [6, 6.07) is 0. The first kappa shape index (κ1) is 22.0. The lowest BCUT2D eigenvalue weighted by atomic mass is 10.0. The zero-order chi connectivity index (χ0) is 17.2. The number of carbonyl (C=O) groups is 1. The Balaban J connectivity index is 3.00. The Morgan fingerprint density at radius 2 is 1.22 bits per heavy atom. The first-order valence-corrected chi connectivity index (χ1v) is 9.38. The fourth-order valence-electron chi connectivity index (χ4n) is 2.57. The van der Waals surface area contributed by atoms with E-state index >= 15 is 0 Å². The minimum atomic E-state index is -0.666. The molecule has 0 saturated heterocycles. The lowest BCUT2D eigenvalue weighted by molar-refractivity contribution is -0.137. The topological polar surface area (TPSA) is 58.6 Å². The van der Waals surface area contributed by atoms with Crippen molar-refractivity contribution in [3.8, 4) is 0 Å². The molecule has 0 amide bonds. The molecule has 0 aliphatic heterocycles. The Labute approximate surface area is 142 Å². The lowest BCUT2D eigenvalue weighted by Gasteiger charge is -2.05. The molecular formula is C19H37NO3. The molecule has 0 aromatic carbocycles. The quantitative estimate of drug-likeness (QED) is 0.254. The van der Waals surface area contributed by atoms with Crippen LogP contribution in [0, 0.1) is 0 Å². The van der Waals surface area contributed by atoms with Crippen LogP contribution in [-0.4, -0.2) is 17.7 Å². The third-order valence-corrected chi connectivity index (χ3v) is 3.88. The molecule has 0 rings (SSSR count). The van der Waals surface area contributed by atoms with Gasteiger partial charge in [-0.1, -0.05) is 77.2 Å². The van der Waals surface area contributed by atoms with Gasteiger partial charge in [-0.2, -0.15) is 0 Å². The molecule has 0 fully saturated rings. The molecule has 0 aliphatic carbocycles. The van der Waals surface area contributed by atoms with Crippen molar-refractivity contribution in [1.82, 2.24) is 5.48 Å². The predicted octanol–water partition coefficient (Wildman–Crippen LogP) is 5.59. The van der Waals surface area contributed by atoms with E-state index in [1.54, 1.807) is 0 Å². The van der Waals surface area contributed by atoms with E-state index in [0.29, 0.717) is 6.42 Å². The highest BCUT2D eigenvalue weighted by molar-refractivity contribution is 5.66. The van der Waals surface area contributed by atoms with Gasteiger partial charge in [-0.15, -0.1) is 0 Å². The van der Waals surface area contributed by atoms with Gasteiger partial charge in [0.25, 0.3) is 0 Å². The minimum absolute atomic E-state index is 0.330. The minimum Gasteiger partial charge on any atom is -0.481 e. The van der Waals surface area contributed by atoms with Crippen LogP contribution in [0.15, 0.2) is 12.3 Å². The summed E-state index contributed by atoms with van der Waals surface area (Å²) in [5.74, 6) is -0.666. The molecule has 0 radical (unpaired) electrons. The fraction of sp³-hybridized carbons (Fsp3) is 0.842. The van der Waals surface area contributed by atoms with Gasteiger partial charge in [-0.25, -0.2) is 0 Å². The Morgan fingerprint density at radius 1 is 0.826 bits per heavy atom. The van der Waals surface area contributed by atoms with Crippen molar-refractivity contribution in [2.24, 2.45) is 0 Å². The van der Waals surface area contributed by atoms with Crippen molar-refractivity contribution in [1.29, 1.82) is 0 Å². The molecule has 0 atom stereocenters. The van der Waals surface area contributed by atoms with Gasteiger partial charge in [0, 0.05) is 12.1 Å². The van der Waals surface area contributed by atoms with Crippen LogP contribution >= 0.6 is 0 Å². The smallest absolute Gasteiger partial charge is 0.303 e. The molecule has 0 bridgehead atoms. The average Bonchev–Trinajstić information content (AvgIpc) is 2.49. The number of hydrogen-bond acceptors (Lipinski definition) is 3. The third kappa shape index (κ3) is 21.0. The van der Waals surface area contributed by atoms with E-state index in [1.807, 2.05) is 6.92 Å². The zero-order valence-corrected chi connectivity index (χ0v) is 15.1. The molecule has 2 N–H and O–H groups in total. The van der Waals surface area contributed by atoms with Gasteiger partial charge in [0.1, 0.15) is 0 Å². The van der Waals surface area contributed by atoms with Gasteiger partial charge in [0.05, 0.1) is 6.61 Å². The Morgan fingerprint density at radius 3 is 1.61 bits per heavy atom. The van der Waals surface area contributed by atoms with E-state index in [-0.39, 0.29) is 0 Å². The van der Waals surface area contributed by atoms with Gasteiger partial charge in [-0.05, 0) is 19.8 Å². The highest BCUT2D eigenvalue weighted by Gasteiger charge is 1.97. The normalized spacial score (nSPS) is 10.7. The van der Waals surface area contributed by atoms with Gasteiger partial charge in [0.15, 0.2) is 0 Å². The Bertz CT molecular complexity index is 264. The van der Waals surface area contributed by atoms with Gasteiger partial charge in [0.2, 0.25) is 0 Å². The molecule has 4 nitrogen and oxygen atoms in total. The number of hydrogen-bond donors (Lipinski definition) is 2. The summed E-state index contributed by atoms with van der Waals surface area (Å²) in [5, 5.41) is 8.54. The van der Waals surface area contributed by atoms with E-state index in [9.17, 15) is 4.79 Å². The number of nitrogens with one attached hydrogen (secondary N) is 1. The summed E-state index contributed by atoms with van der Waals surface area (Å²) in [5.41, 5.74) is 3.63. The van der Waals surface area contributed by atoms with Crippen molar-refractivity contribution in [2.45, 2.75) is 96.8 Å². The maximum Gasteiger partial charge on any atom is 0.303 e. The largest absolute Gasteiger partial charge is 0.481 e. The standard InChI is InChI=1S/C19H37NO3/c1-18(2)20-23-17-15-13-11-9-7-5-3-4-6-8-10-12-14-16-19(21)22/h20H,1,3-17H2,2H3,(H,21,22). The maximum absolute atomic E-state index is 10.4. The summed E-state index contributed by atoms with van der Waals surface area (Å²) < 4.78 is 0. The van der Waals surface area contributed by atoms with Crippen LogP contribution in [0.25, 0.3) is 0 Å². The number of rotatable bonds is 18. The van der Waals surface area contributed by atoms with Crippen LogP contribution in [0.2, 0.25) is 0 Å². The third-order valence-electron chi connectivity index (χ3n) is 3.88. The summed E-state index contributed by atoms with van der Waals surface area (Å²) in [6.07, 6.45) is 16.4. The van der Waals surface area contributed by atoms with Crippen LogP contribution in [0.4, 0.5) is 0 Å². The molecule has 0 unspecified atom stereocenters. The molecule has 136 valence electrons. The summed E-state index contributed by atoms with van der Waals surface area (Å²) in [7, 11) is 0. The lowest BCUT2D eigenvalue weighted by Crippen LogP contribution is -2.11. The number of hydroxylamine groups is 1. The molecular weight excluding hydrogens is 290 g/mol. The molecule has 0 saturated carbocycles. The number of aliphatic carboxylic acids is 1. The van der Waals surface area contributed by atoms with Crippen LogP contribution < -0.4 is 5.48 Å². The molecule has 23 heavy (non-hydrogen) atoms. The van der Waals surface area contributed by atoms with Crippen LogP contribution in [0.3, 0.4) is 0 Å². The van der Waals surface area contributed by atoms with Gasteiger partial charge >= 0.3 is 5.97 Å². The number of allylic oxidation sites excluding steroid dienone is 1. The summed E-state index contributed by atoms with van der Waals surface area (Å²) in [6.45, 7) is 6.36. The van der Waals surface area contributed by atoms with E-state index in [2.05, 4.69) is 12.1 Å². The zero-order valence-electron chi connectivity index (χ0n) is 15.1. The average molecular weight is 328 g/mol. The van der Waals surface area contributed by atoms with E-state index in [0.717, 1.165) is 31.6 Å². The van der Waals surface area contributed by atoms with Crippen molar-refractivity contribution in [2.75, 3.05) is 6.61 Å². The second kappa shape index (κ2) is 17.3. The van der Waals surface area contributed by atoms with Crippen molar-refractivity contribution >= 4 is 5.97 Å². The van der Waals surface area contributed by atoms with Crippen molar-refractivity contribution in [3.63, 3.8) is 0 Å². The fourth-order valence-corrected chi connectivity index (χ4v) is 2.57. The first-order chi connectivity index (χ1) is 11.1. The summed E-state index contributed by atoms with van der Waals surface area (Å²) >= 11 is 0. The number of unbranched alkanes of at least 4 members (excludes halogenated alkanes) is 12. The summed E-state index contributed by atoms with van der Waals surface area (Å²) in [4.78, 5) is 15.6. The Hall–Kier alpha value is -1.03. The second-order valence-electron chi connectivity index (χ2n) is 6.47. The highest BCUT2D eigenvalue weighted by Crippen LogP contribution is 2.12. The van der Waals surface area contributed by atoms with Crippen molar-refractivity contribution < 1.29 is 14.7 Å². The van der Waals surface area contributed by atoms with Crippen LogP contribution in [0.1, 0.15) is 96.8 Å². The molecule has 0 aromatic heterocycles. The van der Waals surface area contributed by atoms with E-state index < -0.39 is 5.97 Å². The molecule has 0 heterocycles. The monoisotopic (exact) mass is 327 g/mol. The van der Waals surface area contributed by atoms with E-state index in [1.165, 1.54) is 64.2 Å². The predicted molar refractivity (Wildman–Crippen MR) is 96.2 cm³/mol. The van der Waals surface area contributed by atoms with Crippen LogP contribution in [-0.2, 0) is 9.63 Å². The van der Waals surface area contributed by atoms with Crippen molar-refractivity contribution in [3.05, 3.63) is 12.3 Å².